The standard InChI is InChI=1S/C38H38F3N3O4/c1-6-47-37(45)17-18-42-25(4)27-9-7-26(8-10-27)19-34-33(30-12-11-29-21-32(46-5)15-13-28(29)20-30)23-44(43-34)35-22-31(38(39,40)41)14-16-36(35)48-24(2)3/h7-16,20-24,42H,4,6,17-19H2,1-3,5H3. The van der Waals surface area contributed by atoms with Gasteiger partial charge in [0.05, 0.1) is 37.5 Å². The minimum atomic E-state index is -4.54. The molecule has 0 unspecified atom stereocenters. The number of nitrogens with one attached hydrogen (secondary N) is 1. The summed E-state index contributed by atoms with van der Waals surface area (Å²) in [5, 5.41) is 9.98. The van der Waals surface area contributed by atoms with Crippen LogP contribution in [0.15, 0.2) is 91.6 Å². The number of methoxy groups -OCH3 is 1. The first kappa shape index (κ1) is 34.1. The normalized spacial score (nSPS) is 11.5. The molecule has 5 aromatic rings. The largest absolute Gasteiger partial charge is 0.497 e. The highest BCUT2D eigenvalue weighted by Gasteiger charge is 2.32. The van der Waals surface area contributed by atoms with Crippen molar-refractivity contribution in [3.63, 3.8) is 0 Å². The number of carbonyl (C=O) groups excluding carboxylic acids is 1. The monoisotopic (exact) mass is 657 g/mol. The van der Waals surface area contributed by atoms with Gasteiger partial charge in [0.25, 0.3) is 0 Å². The van der Waals surface area contributed by atoms with E-state index < -0.39 is 11.7 Å². The highest BCUT2D eigenvalue weighted by molar-refractivity contribution is 5.88. The third-order valence-corrected chi connectivity index (χ3v) is 7.69. The molecule has 1 heterocycles. The van der Waals surface area contributed by atoms with Crippen LogP contribution in [-0.2, 0) is 22.1 Å². The van der Waals surface area contributed by atoms with E-state index in [9.17, 15) is 18.0 Å². The van der Waals surface area contributed by atoms with Crippen LogP contribution in [0.2, 0.25) is 0 Å². The van der Waals surface area contributed by atoms with Gasteiger partial charge in [0, 0.05) is 30.4 Å². The molecule has 0 amide bonds. The zero-order chi connectivity index (χ0) is 34.4. The first-order valence-corrected chi connectivity index (χ1v) is 15.7. The van der Waals surface area contributed by atoms with Crippen molar-refractivity contribution < 1.29 is 32.2 Å². The Hall–Kier alpha value is -5.25. The summed E-state index contributed by atoms with van der Waals surface area (Å²) < 4.78 is 59.2. The van der Waals surface area contributed by atoms with Crippen molar-refractivity contribution in [2.45, 2.75) is 45.9 Å². The minimum Gasteiger partial charge on any atom is -0.497 e. The molecule has 0 spiro atoms. The van der Waals surface area contributed by atoms with Crippen LogP contribution in [0.1, 0.15) is 49.6 Å². The molecule has 1 N–H and O–H groups in total. The van der Waals surface area contributed by atoms with Gasteiger partial charge >= 0.3 is 12.1 Å². The van der Waals surface area contributed by atoms with Crippen LogP contribution in [0.4, 0.5) is 13.2 Å². The maximum Gasteiger partial charge on any atom is 0.416 e. The van der Waals surface area contributed by atoms with E-state index in [0.717, 1.165) is 50.9 Å². The number of ether oxygens (including phenoxy) is 3. The van der Waals surface area contributed by atoms with E-state index in [0.29, 0.717) is 36.7 Å². The van der Waals surface area contributed by atoms with Crippen LogP contribution in [0.25, 0.3) is 33.3 Å². The fourth-order valence-corrected chi connectivity index (χ4v) is 5.32. The van der Waals surface area contributed by atoms with Crippen molar-refractivity contribution in [1.82, 2.24) is 15.1 Å². The van der Waals surface area contributed by atoms with Crippen molar-refractivity contribution in [1.29, 1.82) is 0 Å². The van der Waals surface area contributed by atoms with Crippen molar-refractivity contribution >= 4 is 22.4 Å². The number of aromatic nitrogens is 2. The zero-order valence-electron chi connectivity index (χ0n) is 27.4. The smallest absolute Gasteiger partial charge is 0.416 e. The summed E-state index contributed by atoms with van der Waals surface area (Å²) in [6.45, 7) is 10.2. The number of hydrogen-bond acceptors (Lipinski definition) is 6. The molecular formula is C38H38F3N3O4. The quantitative estimate of drug-likeness (QED) is 0.128. The summed E-state index contributed by atoms with van der Waals surface area (Å²) in [6, 6.07) is 23.0. The van der Waals surface area contributed by atoms with Crippen LogP contribution in [0.5, 0.6) is 11.5 Å². The Morgan fingerprint density at radius 3 is 2.40 bits per heavy atom. The number of benzene rings is 4. The maximum absolute atomic E-state index is 13.8. The van der Waals surface area contributed by atoms with Crippen LogP contribution in [-0.4, -0.2) is 42.1 Å². The van der Waals surface area contributed by atoms with Crippen LogP contribution < -0.4 is 14.8 Å². The lowest BCUT2D eigenvalue weighted by Crippen LogP contribution is -2.17. The van der Waals surface area contributed by atoms with Gasteiger partial charge in [-0.25, -0.2) is 4.68 Å². The molecule has 7 nitrogen and oxygen atoms in total. The molecule has 0 atom stereocenters. The predicted octanol–water partition coefficient (Wildman–Crippen LogP) is 8.61. The number of rotatable bonds is 13. The van der Waals surface area contributed by atoms with Crippen LogP contribution >= 0.6 is 0 Å². The lowest BCUT2D eigenvalue weighted by Gasteiger charge is -2.16. The number of alkyl halides is 3. The fourth-order valence-electron chi connectivity index (χ4n) is 5.32. The van der Waals surface area contributed by atoms with Gasteiger partial charge in [-0.2, -0.15) is 18.3 Å². The molecule has 250 valence electrons. The SMILES string of the molecule is C=C(NCCC(=O)OCC)c1ccc(Cc2nn(-c3cc(C(F)(F)F)ccc3OC(C)C)cc2-c2ccc3cc(OC)ccc3c2)cc1. The number of nitrogens with zero attached hydrogens (tertiary/aromatic N) is 2. The van der Waals surface area contributed by atoms with E-state index in [2.05, 4.69) is 11.9 Å². The molecular weight excluding hydrogens is 619 g/mol. The number of fused-ring (bicyclic) bond motifs is 1. The van der Waals surface area contributed by atoms with Crippen molar-refractivity contribution in [2.24, 2.45) is 0 Å². The van der Waals surface area contributed by atoms with E-state index in [1.165, 1.54) is 10.7 Å². The molecule has 0 aliphatic carbocycles. The number of esters is 1. The lowest BCUT2D eigenvalue weighted by atomic mass is 9.98. The van der Waals surface area contributed by atoms with Gasteiger partial charge < -0.3 is 19.5 Å². The third-order valence-electron chi connectivity index (χ3n) is 7.69. The van der Waals surface area contributed by atoms with E-state index in [1.807, 2.05) is 74.5 Å². The van der Waals surface area contributed by atoms with E-state index >= 15 is 0 Å². The topological polar surface area (TPSA) is 74.6 Å². The Balaban J connectivity index is 1.51. The third kappa shape index (κ3) is 8.17. The Morgan fingerprint density at radius 2 is 1.71 bits per heavy atom. The molecule has 0 radical (unpaired) electrons. The van der Waals surface area contributed by atoms with Crippen molar-refractivity contribution in [3.8, 4) is 28.3 Å². The molecule has 0 aliphatic heterocycles. The molecule has 4 aromatic carbocycles. The van der Waals surface area contributed by atoms with Gasteiger partial charge in [-0.05, 0) is 84.6 Å². The van der Waals surface area contributed by atoms with E-state index in [1.54, 1.807) is 20.2 Å². The molecule has 10 heteroatoms. The average Bonchev–Trinajstić information content (AvgIpc) is 3.47. The second-order valence-corrected chi connectivity index (χ2v) is 11.5. The molecule has 0 bridgehead atoms. The fraction of sp³-hybridized carbons (Fsp3) is 0.263. The maximum atomic E-state index is 13.8. The van der Waals surface area contributed by atoms with Gasteiger partial charge in [-0.15, -0.1) is 0 Å². The number of carbonyl (C=O) groups is 1. The molecule has 0 fully saturated rings. The van der Waals surface area contributed by atoms with Gasteiger partial charge in [0.2, 0.25) is 0 Å². The van der Waals surface area contributed by atoms with Gasteiger partial charge in [0.15, 0.2) is 0 Å². The summed E-state index contributed by atoms with van der Waals surface area (Å²) in [4.78, 5) is 11.7. The van der Waals surface area contributed by atoms with Crippen molar-refractivity contribution in [3.05, 3.63) is 114 Å². The molecule has 0 aliphatic rings. The predicted molar refractivity (Wildman–Crippen MR) is 181 cm³/mol. The summed E-state index contributed by atoms with van der Waals surface area (Å²) in [5.74, 6) is 0.761. The van der Waals surface area contributed by atoms with E-state index in [-0.39, 0.29) is 24.2 Å². The Kier molecular flexibility index (Phi) is 10.4. The highest BCUT2D eigenvalue weighted by atomic mass is 19.4. The van der Waals surface area contributed by atoms with Gasteiger partial charge in [0.1, 0.15) is 17.2 Å². The number of halogens is 3. The first-order chi connectivity index (χ1) is 22.9. The first-order valence-electron chi connectivity index (χ1n) is 15.7. The molecule has 48 heavy (non-hydrogen) atoms. The molecule has 0 saturated heterocycles. The second kappa shape index (κ2) is 14.7. The van der Waals surface area contributed by atoms with Gasteiger partial charge in [-0.1, -0.05) is 49.0 Å². The minimum absolute atomic E-state index is 0.192. The molecule has 0 saturated carbocycles. The van der Waals surface area contributed by atoms with E-state index in [4.69, 9.17) is 19.3 Å². The van der Waals surface area contributed by atoms with Crippen molar-refractivity contribution in [2.75, 3.05) is 20.3 Å². The van der Waals surface area contributed by atoms with Crippen LogP contribution in [0.3, 0.4) is 0 Å². The molecule has 5 rings (SSSR count). The number of hydrogen-bond donors (Lipinski definition) is 1. The Morgan fingerprint density at radius 1 is 0.979 bits per heavy atom. The molecule has 1 aromatic heterocycles. The summed E-state index contributed by atoms with van der Waals surface area (Å²) in [5.41, 5.74) is 4.18. The summed E-state index contributed by atoms with van der Waals surface area (Å²) >= 11 is 0. The summed E-state index contributed by atoms with van der Waals surface area (Å²) in [7, 11) is 1.62. The Labute approximate surface area is 277 Å². The summed E-state index contributed by atoms with van der Waals surface area (Å²) in [6.07, 6.45) is -2.41. The second-order valence-electron chi connectivity index (χ2n) is 11.5. The lowest BCUT2D eigenvalue weighted by molar-refractivity contribution is -0.143. The zero-order valence-corrected chi connectivity index (χ0v) is 27.4. The average molecular weight is 658 g/mol. The van der Waals surface area contributed by atoms with Crippen LogP contribution in [0, 0.1) is 0 Å². The highest BCUT2D eigenvalue weighted by Crippen LogP contribution is 2.36. The van der Waals surface area contributed by atoms with Gasteiger partial charge in [-0.3, -0.25) is 4.79 Å². The Bertz CT molecular complexity index is 1910.